The zero-order valence-corrected chi connectivity index (χ0v) is 19.2. The maximum absolute atomic E-state index is 11.8. The van der Waals surface area contributed by atoms with E-state index in [9.17, 15) is 14.4 Å². The van der Waals surface area contributed by atoms with E-state index in [-0.39, 0.29) is 5.75 Å². The number of carbonyl (C=O) groups is 3. The van der Waals surface area contributed by atoms with E-state index in [0.717, 1.165) is 5.56 Å². The Balaban J connectivity index is 1.87. The minimum atomic E-state index is -1.01. The Morgan fingerprint density at radius 1 is 0.969 bits per heavy atom. The highest BCUT2D eigenvalue weighted by atomic mass is 35.5. The van der Waals surface area contributed by atoms with Crippen molar-refractivity contribution in [1.29, 1.82) is 0 Å². The molecule has 1 saturated heterocycles. The molecule has 170 valence electrons. The Kier molecular flexibility index (Phi) is 7.98. The average Bonchev–Trinajstić information content (AvgIpc) is 2.71. The first kappa shape index (κ1) is 23.9. The number of halogens is 1. The highest BCUT2D eigenvalue weighted by Gasteiger charge is 2.47. The van der Waals surface area contributed by atoms with E-state index in [1.165, 1.54) is 32.5 Å². The third-order valence-electron chi connectivity index (χ3n) is 4.41. The van der Waals surface area contributed by atoms with Crippen molar-refractivity contribution in [3.8, 4) is 17.0 Å². The molecule has 0 spiro atoms. The maximum Gasteiger partial charge on any atom is 0.303 e. The largest absolute Gasteiger partial charge is 0.476 e. The second-order valence-electron chi connectivity index (χ2n) is 7.00. The molecule has 0 radical (unpaired) electrons. The van der Waals surface area contributed by atoms with Gasteiger partial charge in [-0.15, -0.1) is 11.8 Å². The summed E-state index contributed by atoms with van der Waals surface area (Å²) in [6.07, 6.45) is -1.18. The summed E-state index contributed by atoms with van der Waals surface area (Å²) < 4.78 is 22.2. The molecular weight excluding hydrogens is 458 g/mol. The van der Waals surface area contributed by atoms with Crippen molar-refractivity contribution < 1.29 is 33.3 Å². The second kappa shape index (κ2) is 10.7. The summed E-state index contributed by atoms with van der Waals surface area (Å²) in [5.74, 6) is -0.928. The summed E-state index contributed by atoms with van der Waals surface area (Å²) in [7, 11) is 0. The van der Waals surface area contributed by atoms with Gasteiger partial charge in [-0.1, -0.05) is 23.7 Å². The highest BCUT2D eigenvalue weighted by molar-refractivity contribution is 7.99. The quantitative estimate of drug-likeness (QED) is 0.453. The van der Waals surface area contributed by atoms with E-state index in [1.54, 1.807) is 36.5 Å². The highest BCUT2D eigenvalue weighted by Crippen LogP contribution is 2.35. The minimum absolute atomic E-state index is 0.287. The summed E-state index contributed by atoms with van der Waals surface area (Å²) in [6.45, 7) is 3.73. The molecule has 1 aliphatic rings. The molecule has 0 N–H and O–H groups in total. The summed E-state index contributed by atoms with van der Waals surface area (Å²) in [5.41, 5.74) is 0.741. The smallest absolute Gasteiger partial charge is 0.303 e. The number of nitrogens with zero attached hydrogens (tertiary/aromatic N) is 1. The van der Waals surface area contributed by atoms with Crippen LogP contribution in [0.25, 0.3) is 11.3 Å². The first-order chi connectivity index (χ1) is 15.2. The number of hydrogen-bond acceptors (Lipinski definition) is 9. The monoisotopic (exact) mass is 479 g/mol. The van der Waals surface area contributed by atoms with Crippen molar-refractivity contribution in [3.05, 3.63) is 47.6 Å². The summed E-state index contributed by atoms with van der Waals surface area (Å²) in [5, 5.41) is 0.555. The van der Waals surface area contributed by atoms with E-state index < -0.39 is 41.7 Å². The topological polar surface area (TPSA) is 101 Å². The molecule has 2 heterocycles. The molecule has 0 saturated carbocycles. The van der Waals surface area contributed by atoms with Crippen molar-refractivity contribution in [3.63, 3.8) is 0 Å². The predicted molar refractivity (Wildman–Crippen MR) is 118 cm³/mol. The number of thioether (sulfide) groups is 1. The standard InChI is InChI=1S/C22H22ClNO7S/c1-12(25)28-19-11-32-22(21(30-14(3)27)20(19)29-13(2)26)31-17-6-4-5-15(9-17)18-10-16(23)7-8-24-18/h4-10,19-22H,11H2,1-3H3/t19-,20+,21-,22-/m1/s1. The lowest BCUT2D eigenvalue weighted by atomic mass is 10.1. The van der Waals surface area contributed by atoms with Crippen molar-refractivity contribution in [2.45, 2.75) is 44.5 Å². The normalized spacial score (nSPS) is 22.5. The minimum Gasteiger partial charge on any atom is -0.476 e. The van der Waals surface area contributed by atoms with Gasteiger partial charge in [0.15, 0.2) is 23.7 Å². The Labute approximate surface area is 194 Å². The molecule has 0 amide bonds. The number of hydrogen-bond donors (Lipinski definition) is 0. The molecule has 0 aliphatic carbocycles. The third-order valence-corrected chi connectivity index (χ3v) is 5.86. The number of aromatic nitrogens is 1. The summed E-state index contributed by atoms with van der Waals surface area (Å²) >= 11 is 7.35. The molecule has 8 nitrogen and oxygen atoms in total. The SMILES string of the molecule is CC(=O)O[C@@H]1[C@@H](OC(C)=O)[C@H](OC(C)=O)CS[C@H]1Oc1cccc(-c2cc(Cl)ccn2)c1. The number of esters is 3. The van der Waals surface area contributed by atoms with Gasteiger partial charge in [-0.2, -0.15) is 0 Å². The molecular formula is C22H22ClNO7S. The lowest BCUT2D eigenvalue weighted by Gasteiger charge is -2.39. The number of benzene rings is 1. The van der Waals surface area contributed by atoms with Gasteiger partial charge in [-0.25, -0.2) is 0 Å². The molecule has 0 unspecified atom stereocenters. The van der Waals surface area contributed by atoms with Crippen molar-refractivity contribution >= 4 is 41.3 Å². The Hall–Kier alpha value is -2.78. The van der Waals surface area contributed by atoms with Gasteiger partial charge in [0.1, 0.15) is 5.75 Å². The average molecular weight is 480 g/mol. The van der Waals surface area contributed by atoms with Crippen molar-refractivity contribution in [1.82, 2.24) is 4.98 Å². The molecule has 1 fully saturated rings. The fraction of sp³-hybridized carbons (Fsp3) is 0.364. The number of carbonyl (C=O) groups excluding carboxylic acids is 3. The van der Waals surface area contributed by atoms with Crippen LogP contribution in [0.4, 0.5) is 0 Å². The molecule has 1 aliphatic heterocycles. The first-order valence-corrected chi connectivity index (χ1v) is 11.2. The van der Waals surface area contributed by atoms with Crippen molar-refractivity contribution in [2.24, 2.45) is 0 Å². The molecule has 10 heteroatoms. The summed E-state index contributed by atoms with van der Waals surface area (Å²) in [6, 6.07) is 10.6. The van der Waals surface area contributed by atoms with Gasteiger partial charge in [0, 0.05) is 43.3 Å². The van der Waals surface area contributed by atoms with E-state index >= 15 is 0 Å². The van der Waals surface area contributed by atoms with Gasteiger partial charge in [0.25, 0.3) is 0 Å². The lowest BCUT2D eigenvalue weighted by Crippen LogP contribution is -2.55. The van der Waals surface area contributed by atoms with Crippen LogP contribution in [0.1, 0.15) is 20.8 Å². The van der Waals surface area contributed by atoms with Gasteiger partial charge in [0.05, 0.1) is 5.69 Å². The van der Waals surface area contributed by atoms with Crippen LogP contribution >= 0.6 is 23.4 Å². The van der Waals surface area contributed by atoms with Crippen LogP contribution in [0.15, 0.2) is 42.6 Å². The van der Waals surface area contributed by atoms with Gasteiger partial charge >= 0.3 is 17.9 Å². The fourth-order valence-electron chi connectivity index (χ4n) is 3.24. The maximum atomic E-state index is 11.8. The number of rotatable bonds is 6. The fourth-order valence-corrected chi connectivity index (χ4v) is 4.61. The van der Waals surface area contributed by atoms with Gasteiger partial charge in [-0.3, -0.25) is 19.4 Å². The molecule has 2 aromatic rings. The summed E-state index contributed by atoms with van der Waals surface area (Å²) in [4.78, 5) is 39.3. The zero-order chi connectivity index (χ0) is 23.3. The number of pyridine rings is 1. The van der Waals surface area contributed by atoms with Gasteiger partial charge < -0.3 is 18.9 Å². The van der Waals surface area contributed by atoms with Crippen LogP contribution in [0, 0.1) is 0 Å². The predicted octanol–water partition coefficient (Wildman–Crippen LogP) is 3.65. The van der Waals surface area contributed by atoms with Crippen molar-refractivity contribution in [2.75, 3.05) is 5.75 Å². The van der Waals surface area contributed by atoms with E-state index in [2.05, 4.69) is 4.98 Å². The number of ether oxygens (including phenoxy) is 4. The van der Waals surface area contributed by atoms with E-state index in [4.69, 9.17) is 30.5 Å². The Morgan fingerprint density at radius 2 is 1.66 bits per heavy atom. The van der Waals surface area contributed by atoms with Crippen LogP contribution in [0.2, 0.25) is 5.02 Å². The van der Waals surface area contributed by atoms with Crippen LogP contribution < -0.4 is 4.74 Å². The van der Waals surface area contributed by atoms with E-state index in [0.29, 0.717) is 16.5 Å². The molecule has 32 heavy (non-hydrogen) atoms. The molecule has 3 rings (SSSR count). The van der Waals surface area contributed by atoms with Crippen LogP contribution in [-0.4, -0.2) is 52.4 Å². The van der Waals surface area contributed by atoms with Gasteiger partial charge in [-0.05, 0) is 24.3 Å². The zero-order valence-electron chi connectivity index (χ0n) is 17.6. The lowest BCUT2D eigenvalue weighted by molar-refractivity contribution is -0.186. The molecule has 1 aromatic carbocycles. The second-order valence-corrected chi connectivity index (χ2v) is 8.57. The Morgan fingerprint density at radius 3 is 2.31 bits per heavy atom. The Bertz CT molecular complexity index is 1000. The molecule has 4 atom stereocenters. The van der Waals surface area contributed by atoms with Crippen LogP contribution in [-0.2, 0) is 28.6 Å². The molecule has 1 aromatic heterocycles. The van der Waals surface area contributed by atoms with E-state index in [1.807, 2.05) is 6.07 Å². The van der Waals surface area contributed by atoms with Crippen LogP contribution in [0.5, 0.6) is 5.75 Å². The molecule has 0 bridgehead atoms. The van der Waals surface area contributed by atoms with Crippen LogP contribution in [0.3, 0.4) is 0 Å². The van der Waals surface area contributed by atoms with Gasteiger partial charge in [0.2, 0.25) is 0 Å². The first-order valence-electron chi connectivity index (χ1n) is 9.75. The third kappa shape index (κ3) is 6.37.